The van der Waals surface area contributed by atoms with E-state index in [4.69, 9.17) is 4.74 Å². The fourth-order valence-electron chi connectivity index (χ4n) is 2.23. The van der Waals surface area contributed by atoms with Gasteiger partial charge in [0.1, 0.15) is 0 Å². The molecule has 4 heteroatoms. The average Bonchev–Trinajstić information content (AvgIpc) is 2.64. The van der Waals surface area contributed by atoms with Crippen LogP contribution in [-0.2, 0) is 4.74 Å². The van der Waals surface area contributed by atoms with Crippen LogP contribution in [0.5, 0.6) is 0 Å². The van der Waals surface area contributed by atoms with Crippen molar-refractivity contribution in [3.05, 3.63) is 0 Å². The summed E-state index contributed by atoms with van der Waals surface area (Å²) in [5.74, 6) is 0. The quantitative estimate of drug-likeness (QED) is 0.697. The van der Waals surface area contributed by atoms with E-state index in [9.17, 15) is 0 Å². The van der Waals surface area contributed by atoms with Crippen molar-refractivity contribution in [3.63, 3.8) is 0 Å². The second-order valence-electron chi connectivity index (χ2n) is 4.80. The first-order valence-corrected chi connectivity index (χ1v) is 6.21. The van der Waals surface area contributed by atoms with Crippen molar-refractivity contribution in [1.82, 2.24) is 10.2 Å². The summed E-state index contributed by atoms with van der Waals surface area (Å²) in [6.45, 7) is 14.1. The van der Waals surface area contributed by atoms with Gasteiger partial charge < -0.3 is 15.0 Å². The van der Waals surface area contributed by atoms with E-state index in [1.54, 1.807) is 0 Å². The summed E-state index contributed by atoms with van der Waals surface area (Å²) in [4.78, 5) is 2.50. The van der Waals surface area contributed by atoms with E-state index in [-0.39, 0.29) is 12.4 Å². The molecule has 0 saturated carbocycles. The first-order valence-electron chi connectivity index (χ1n) is 6.21. The normalized spacial score (nSPS) is 24.8. The van der Waals surface area contributed by atoms with E-state index in [1.807, 2.05) is 0 Å². The second-order valence-corrected chi connectivity index (χ2v) is 4.80. The average molecular weight is 251 g/mol. The third kappa shape index (κ3) is 5.48. The molecular weight excluding hydrogens is 224 g/mol. The summed E-state index contributed by atoms with van der Waals surface area (Å²) >= 11 is 0. The molecule has 0 aliphatic carbocycles. The smallest absolute Gasteiger partial charge is 0.0593 e. The molecule has 1 fully saturated rings. The highest BCUT2D eigenvalue weighted by Gasteiger charge is 2.29. The first kappa shape index (κ1) is 16.2. The van der Waals surface area contributed by atoms with Crippen LogP contribution in [0, 0.1) is 5.41 Å². The number of hydrogen-bond acceptors (Lipinski definition) is 3. The molecule has 0 radical (unpaired) electrons. The second kappa shape index (κ2) is 8.29. The van der Waals surface area contributed by atoms with Gasteiger partial charge in [-0.05, 0) is 31.8 Å². The summed E-state index contributed by atoms with van der Waals surface area (Å²) in [6.07, 6.45) is 1.30. The van der Waals surface area contributed by atoms with Gasteiger partial charge in [-0.15, -0.1) is 12.4 Å². The number of likely N-dealkylation sites (N-methyl/N-ethyl adjacent to an activating group) is 1. The number of hydrogen-bond donors (Lipinski definition) is 1. The maximum atomic E-state index is 5.41. The number of ether oxygens (including phenoxy) is 1. The van der Waals surface area contributed by atoms with E-state index in [0.29, 0.717) is 5.41 Å². The van der Waals surface area contributed by atoms with Crippen molar-refractivity contribution in [2.45, 2.75) is 27.2 Å². The summed E-state index contributed by atoms with van der Waals surface area (Å²) in [7, 11) is 0. The minimum absolute atomic E-state index is 0. The summed E-state index contributed by atoms with van der Waals surface area (Å²) in [5, 5.41) is 3.45. The molecule has 0 aromatic rings. The topological polar surface area (TPSA) is 24.5 Å². The monoisotopic (exact) mass is 250 g/mol. The standard InChI is InChI=1S/C12H26N2O.ClH/c1-4-14(8-9-15-5-2)11-12(3)6-7-13-10-12;/h13H,4-11H2,1-3H3;1H. The molecule has 3 nitrogen and oxygen atoms in total. The van der Waals surface area contributed by atoms with Crippen molar-refractivity contribution in [2.24, 2.45) is 5.41 Å². The number of nitrogens with zero attached hydrogens (tertiary/aromatic N) is 1. The van der Waals surface area contributed by atoms with Crippen molar-refractivity contribution in [1.29, 1.82) is 0 Å². The van der Waals surface area contributed by atoms with Gasteiger partial charge in [0.15, 0.2) is 0 Å². The van der Waals surface area contributed by atoms with Gasteiger partial charge in [0.2, 0.25) is 0 Å². The molecule has 0 amide bonds. The predicted molar refractivity (Wildman–Crippen MR) is 71.4 cm³/mol. The van der Waals surface area contributed by atoms with Crippen LogP contribution >= 0.6 is 12.4 Å². The Labute approximate surface area is 106 Å². The molecule has 1 rings (SSSR count). The molecule has 1 unspecified atom stereocenters. The Hall–Kier alpha value is 0.170. The Morgan fingerprint density at radius 3 is 2.62 bits per heavy atom. The lowest BCUT2D eigenvalue weighted by Gasteiger charge is -2.31. The largest absolute Gasteiger partial charge is 0.380 e. The molecule has 1 atom stereocenters. The Kier molecular flexibility index (Phi) is 8.38. The van der Waals surface area contributed by atoms with Crippen LogP contribution < -0.4 is 5.32 Å². The van der Waals surface area contributed by atoms with Gasteiger partial charge in [0, 0.05) is 26.2 Å². The van der Waals surface area contributed by atoms with E-state index in [0.717, 1.165) is 32.8 Å². The van der Waals surface area contributed by atoms with Gasteiger partial charge >= 0.3 is 0 Å². The zero-order chi connectivity index (χ0) is 11.1. The first-order chi connectivity index (χ1) is 7.20. The molecule has 1 aliphatic heterocycles. The lowest BCUT2D eigenvalue weighted by Crippen LogP contribution is -2.39. The number of halogens is 1. The molecule has 98 valence electrons. The van der Waals surface area contributed by atoms with Crippen molar-refractivity contribution in [2.75, 3.05) is 45.9 Å². The predicted octanol–water partition coefficient (Wildman–Crippen LogP) is 1.77. The third-order valence-corrected chi connectivity index (χ3v) is 3.27. The Balaban J connectivity index is 0.00000225. The lowest BCUT2D eigenvalue weighted by molar-refractivity contribution is 0.0973. The van der Waals surface area contributed by atoms with E-state index in [1.165, 1.54) is 19.5 Å². The molecule has 1 saturated heterocycles. The molecular formula is C12H27ClN2O. The third-order valence-electron chi connectivity index (χ3n) is 3.27. The highest BCUT2D eigenvalue weighted by Crippen LogP contribution is 2.25. The van der Waals surface area contributed by atoms with Crippen molar-refractivity contribution >= 4 is 12.4 Å². The molecule has 0 aromatic heterocycles. The number of rotatable bonds is 7. The SMILES string of the molecule is CCOCCN(CC)CC1(C)CCNC1.Cl. The fraction of sp³-hybridized carbons (Fsp3) is 1.00. The van der Waals surface area contributed by atoms with E-state index >= 15 is 0 Å². The molecule has 0 bridgehead atoms. The van der Waals surface area contributed by atoms with Crippen molar-refractivity contribution in [3.8, 4) is 0 Å². The summed E-state index contributed by atoms with van der Waals surface area (Å²) < 4.78 is 5.41. The lowest BCUT2D eigenvalue weighted by atomic mass is 9.89. The van der Waals surface area contributed by atoms with E-state index < -0.39 is 0 Å². The molecule has 0 aromatic carbocycles. The van der Waals surface area contributed by atoms with Crippen LogP contribution in [-0.4, -0.2) is 50.8 Å². The molecule has 1 aliphatic rings. The van der Waals surface area contributed by atoms with Crippen molar-refractivity contribution < 1.29 is 4.74 Å². The zero-order valence-electron chi connectivity index (χ0n) is 10.9. The van der Waals surface area contributed by atoms with Gasteiger partial charge in [-0.1, -0.05) is 13.8 Å². The molecule has 16 heavy (non-hydrogen) atoms. The van der Waals surface area contributed by atoms with Gasteiger partial charge in [-0.2, -0.15) is 0 Å². The minimum atomic E-state index is 0. The maximum Gasteiger partial charge on any atom is 0.0593 e. The summed E-state index contributed by atoms with van der Waals surface area (Å²) in [5.41, 5.74) is 0.474. The maximum absolute atomic E-state index is 5.41. The fourth-order valence-corrected chi connectivity index (χ4v) is 2.23. The van der Waals surface area contributed by atoms with Gasteiger partial charge in [0.25, 0.3) is 0 Å². The van der Waals surface area contributed by atoms with Crippen LogP contribution in [0.2, 0.25) is 0 Å². The highest BCUT2D eigenvalue weighted by atomic mass is 35.5. The summed E-state index contributed by atoms with van der Waals surface area (Å²) in [6, 6.07) is 0. The highest BCUT2D eigenvalue weighted by molar-refractivity contribution is 5.85. The molecule has 1 N–H and O–H groups in total. The van der Waals surface area contributed by atoms with Crippen LogP contribution in [0.15, 0.2) is 0 Å². The van der Waals surface area contributed by atoms with Crippen LogP contribution in [0.4, 0.5) is 0 Å². The van der Waals surface area contributed by atoms with Crippen LogP contribution in [0.25, 0.3) is 0 Å². The Bertz CT molecular complexity index is 172. The number of nitrogens with one attached hydrogen (secondary N) is 1. The zero-order valence-corrected chi connectivity index (χ0v) is 11.7. The molecule has 1 heterocycles. The van der Waals surface area contributed by atoms with Gasteiger partial charge in [-0.25, -0.2) is 0 Å². The van der Waals surface area contributed by atoms with Crippen LogP contribution in [0.1, 0.15) is 27.2 Å². The van der Waals surface area contributed by atoms with Crippen LogP contribution in [0.3, 0.4) is 0 Å². The van der Waals surface area contributed by atoms with E-state index in [2.05, 4.69) is 31.0 Å². The Morgan fingerprint density at radius 1 is 1.38 bits per heavy atom. The minimum Gasteiger partial charge on any atom is -0.380 e. The molecule has 0 spiro atoms. The van der Waals surface area contributed by atoms with Gasteiger partial charge in [-0.3, -0.25) is 0 Å². The Morgan fingerprint density at radius 2 is 2.12 bits per heavy atom. The van der Waals surface area contributed by atoms with Gasteiger partial charge in [0.05, 0.1) is 6.61 Å².